The Balaban J connectivity index is 1.65. The minimum Gasteiger partial charge on any atom is -0.479 e. The van der Waals surface area contributed by atoms with Crippen LogP contribution in [-0.4, -0.2) is 47.7 Å². The second kappa shape index (κ2) is 4.96. The molecule has 3 aliphatic rings. The SMILES string of the molecule is O=C(O)C1CN(C(=O)C=C(C2CC2)C2CC2)CCO1. The molecule has 2 aliphatic carbocycles. The van der Waals surface area contributed by atoms with E-state index in [9.17, 15) is 9.59 Å². The third kappa shape index (κ3) is 2.97. The van der Waals surface area contributed by atoms with Crippen LogP contribution in [-0.2, 0) is 14.3 Å². The number of hydrogen-bond acceptors (Lipinski definition) is 3. The molecule has 0 spiro atoms. The molecule has 0 aromatic carbocycles. The van der Waals surface area contributed by atoms with Crippen molar-refractivity contribution in [2.75, 3.05) is 19.7 Å². The lowest BCUT2D eigenvalue weighted by Gasteiger charge is -2.30. The van der Waals surface area contributed by atoms with Crippen LogP contribution >= 0.6 is 0 Å². The van der Waals surface area contributed by atoms with Crippen molar-refractivity contribution in [3.63, 3.8) is 0 Å². The third-order valence-electron chi connectivity index (χ3n) is 4.04. The number of aliphatic carboxylic acids is 1. The average Bonchev–Trinajstić information content (AvgIpc) is 3.29. The van der Waals surface area contributed by atoms with Gasteiger partial charge in [0.25, 0.3) is 0 Å². The standard InChI is InChI=1S/C14H19NO4/c16-13(7-11(9-1-2-9)10-3-4-10)15-5-6-19-12(8-15)14(17)18/h7,9-10,12H,1-6,8H2,(H,17,18). The monoisotopic (exact) mass is 265 g/mol. The lowest BCUT2D eigenvalue weighted by molar-refractivity contribution is -0.158. The van der Waals surface area contributed by atoms with E-state index in [4.69, 9.17) is 9.84 Å². The normalized spacial score (nSPS) is 26.9. The van der Waals surface area contributed by atoms with Gasteiger partial charge in [0.1, 0.15) is 0 Å². The third-order valence-corrected chi connectivity index (χ3v) is 4.04. The van der Waals surface area contributed by atoms with Crippen molar-refractivity contribution in [3.05, 3.63) is 11.6 Å². The highest BCUT2D eigenvalue weighted by Gasteiger charge is 2.37. The van der Waals surface area contributed by atoms with Crippen LogP contribution in [0.2, 0.25) is 0 Å². The van der Waals surface area contributed by atoms with Crippen LogP contribution in [0.5, 0.6) is 0 Å². The molecule has 104 valence electrons. The number of allylic oxidation sites excluding steroid dienone is 1. The molecule has 1 atom stereocenters. The molecular weight excluding hydrogens is 246 g/mol. The summed E-state index contributed by atoms with van der Waals surface area (Å²) in [6, 6.07) is 0. The Bertz CT molecular complexity index is 409. The number of hydrogen-bond donors (Lipinski definition) is 1. The Hall–Kier alpha value is -1.36. The number of morpholine rings is 1. The summed E-state index contributed by atoms with van der Waals surface area (Å²) in [6.07, 6.45) is 5.72. The lowest BCUT2D eigenvalue weighted by atomic mass is 10.1. The molecule has 5 heteroatoms. The van der Waals surface area contributed by atoms with Crippen molar-refractivity contribution in [2.24, 2.45) is 11.8 Å². The van der Waals surface area contributed by atoms with E-state index in [1.165, 1.54) is 31.3 Å². The maximum absolute atomic E-state index is 12.2. The van der Waals surface area contributed by atoms with Gasteiger partial charge in [0.05, 0.1) is 13.2 Å². The number of carboxylic acids is 1. The molecule has 2 saturated carbocycles. The van der Waals surface area contributed by atoms with Gasteiger partial charge in [-0.15, -0.1) is 0 Å². The van der Waals surface area contributed by atoms with Gasteiger partial charge in [-0.25, -0.2) is 4.79 Å². The van der Waals surface area contributed by atoms with E-state index in [2.05, 4.69) is 0 Å². The summed E-state index contributed by atoms with van der Waals surface area (Å²) in [5.41, 5.74) is 1.31. The molecule has 0 aromatic rings. The van der Waals surface area contributed by atoms with Gasteiger partial charge in [0.15, 0.2) is 6.10 Å². The van der Waals surface area contributed by atoms with E-state index in [0.717, 1.165) is 0 Å². The molecule has 0 radical (unpaired) electrons. The fourth-order valence-electron chi connectivity index (χ4n) is 2.64. The smallest absolute Gasteiger partial charge is 0.334 e. The summed E-state index contributed by atoms with van der Waals surface area (Å²) in [6.45, 7) is 0.952. The minimum absolute atomic E-state index is 0.0386. The maximum atomic E-state index is 12.2. The van der Waals surface area contributed by atoms with Gasteiger partial charge in [-0.3, -0.25) is 4.79 Å². The minimum atomic E-state index is -0.994. The van der Waals surface area contributed by atoms with E-state index in [1.54, 1.807) is 11.0 Å². The van der Waals surface area contributed by atoms with Crippen molar-refractivity contribution in [2.45, 2.75) is 31.8 Å². The number of amides is 1. The van der Waals surface area contributed by atoms with E-state index in [1.807, 2.05) is 0 Å². The first-order valence-electron chi connectivity index (χ1n) is 7.00. The Kier molecular flexibility index (Phi) is 3.31. The first-order chi connectivity index (χ1) is 9.15. The summed E-state index contributed by atoms with van der Waals surface area (Å²) < 4.78 is 5.13. The summed E-state index contributed by atoms with van der Waals surface area (Å²) in [5.74, 6) is 0.204. The second-order valence-electron chi connectivity index (χ2n) is 5.67. The molecule has 1 N–H and O–H groups in total. The van der Waals surface area contributed by atoms with Gasteiger partial charge in [0, 0.05) is 12.6 Å². The van der Waals surface area contributed by atoms with Crippen LogP contribution in [0.15, 0.2) is 11.6 Å². The summed E-state index contributed by atoms with van der Waals surface area (Å²) >= 11 is 0. The zero-order valence-corrected chi connectivity index (χ0v) is 10.9. The molecule has 1 aliphatic heterocycles. The molecular formula is C14H19NO4. The van der Waals surface area contributed by atoms with E-state index in [0.29, 0.717) is 25.0 Å². The van der Waals surface area contributed by atoms with Crippen LogP contribution < -0.4 is 0 Å². The van der Waals surface area contributed by atoms with Crippen molar-refractivity contribution in [3.8, 4) is 0 Å². The summed E-state index contributed by atoms with van der Waals surface area (Å²) in [5, 5.41) is 8.94. The number of carboxylic acid groups (broad SMARTS) is 1. The topological polar surface area (TPSA) is 66.8 Å². The molecule has 3 fully saturated rings. The van der Waals surface area contributed by atoms with Crippen LogP contribution in [0.3, 0.4) is 0 Å². The second-order valence-corrected chi connectivity index (χ2v) is 5.67. The Morgan fingerprint density at radius 1 is 1.16 bits per heavy atom. The lowest BCUT2D eigenvalue weighted by Crippen LogP contribution is -2.48. The van der Waals surface area contributed by atoms with Gasteiger partial charge < -0.3 is 14.7 Å². The number of nitrogens with zero attached hydrogens (tertiary/aromatic N) is 1. The van der Waals surface area contributed by atoms with Gasteiger partial charge in [-0.2, -0.15) is 0 Å². The van der Waals surface area contributed by atoms with Crippen molar-refractivity contribution < 1.29 is 19.4 Å². The van der Waals surface area contributed by atoms with Crippen LogP contribution in [0.25, 0.3) is 0 Å². The van der Waals surface area contributed by atoms with Crippen LogP contribution in [0, 0.1) is 11.8 Å². The van der Waals surface area contributed by atoms with Gasteiger partial charge in [0.2, 0.25) is 5.91 Å². The Morgan fingerprint density at radius 2 is 1.79 bits per heavy atom. The van der Waals surface area contributed by atoms with Gasteiger partial charge >= 0.3 is 5.97 Å². The highest BCUT2D eigenvalue weighted by atomic mass is 16.5. The number of rotatable bonds is 4. The zero-order valence-electron chi connectivity index (χ0n) is 10.9. The van der Waals surface area contributed by atoms with Crippen molar-refractivity contribution >= 4 is 11.9 Å². The van der Waals surface area contributed by atoms with Gasteiger partial charge in [-0.05, 0) is 37.5 Å². The molecule has 0 aromatic heterocycles. The molecule has 3 rings (SSSR count). The fraction of sp³-hybridized carbons (Fsp3) is 0.714. The number of carbonyl (C=O) groups is 2. The van der Waals surface area contributed by atoms with Crippen LogP contribution in [0.4, 0.5) is 0 Å². The van der Waals surface area contributed by atoms with E-state index in [-0.39, 0.29) is 12.5 Å². The molecule has 0 bridgehead atoms. The maximum Gasteiger partial charge on any atom is 0.334 e. The first kappa shape index (κ1) is 12.7. The number of carbonyl (C=O) groups excluding carboxylic acids is 1. The molecule has 1 saturated heterocycles. The molecule has 1 unspecified atom stereocenters. The average molecular weight is 265 g/mol. The fourth-order valence-corrected chi connectivity index (χ4v) is 2.64. The molecule has 1 heterocycles. The van der Waals surface area contributed by atoms with E-state index < -0.39 is 12.1 Å². The Labute approximate surface area is 112 Å². The van der Waals surface area contributed by atoms with E-state index >= 15 is 0 Å². The Morgan fingerprint density at radius 3 is 2.32 bits per heavy atom. The van der Waals surface area contributed by atoms with Crippen molar-refractivity contribution in [1.29, 1.82) is 0 Å². The predicted molar refractivity (Wildman–Crippen MR) is 67.5 cm³/mol. The molecule has 19 heavy (non-hydrogen) atoms. The molecule has 5 nitrogen and oxygen atoms in total. The summed E-state index contributed by atoms with van der Waals surface area (Å²) in [7, 11) is 0. The predicted octanol–water partition coefficient (Wildman–Crippen LogP) is 1.04. The van der Waals surface area contributed by atoms with Crippen molar-refractivity contribution in [1.82, 2.24) is 4.90 Å². The van der Waals surface area contributed by atoms with Crippen LogP contribution in [0.1, 0.15) is 25.7 Å². The largest absolute Gasteiger partial charge is 0.479 e. The zero-order chi connectivity index (χ0) is 13.4. The molecule has 1 amide bonds. The highest BCUT2D eigenvalue weighted by molar-refractivity contribution is 5.89. The highest BCUT2D eigenvalue weighted by Crippen LogP contribution is 2.48. The summed E-state index contributed by atoms with van der Waals surface area (Å²) in [4.78, 5) is 24.7. The quantitative estimate of drug-likeness (QED) is 0.771. The number of ether oxygens (including phenoxy) is 1. The van der Waals surface area contributed by atoms with Gasteiger partial charge in [-0.1, -0.05) is 5.57 Å². The first-order valence-corrected chi connectivity index (χ1v) is 7.00.